The van der Waals surface area contributed by atoms with Crippen LogP contribution in [-0.4, -0.2) is 37.3 Å². The van der Waals surface area contributed by atoms with Crippen LogP contribution in [0.15, 0.2) is 24.3 Å². The van der Waals surface area contributed by atoms with E-state index in [1.165, 1.54) is 12.1 Å². The van der Waals surface area contributed by atoms with Crippen molar-refractivity contribution in [2.24, 2.45) is 0 Å². The Balaban J connectivity index is 2.81. The monoisotopic (exact) mass is 240 g/mol. The van der Waals surface area contributed by atoms with Gasteiger partial charge in [0.15, 0.2) is 0 Å². The van der Waals surface area contributed by atoms with Crippen LogP contribution in [0.4, 0.5) is 10.1 Å². The van der Waals surface area contributed by atoms with Gasteiger partial charge in [-0.2, -0.15) is 0 Å². The number of benzene rings is 1. The maximum absolute atomic E-state index is 13.1. The minimum Gasteiger partial charge on any atom is -0.480 e. The SMILES string of the molecule is CCN(CC(NC)C(=O)O)c1cccc(F)c1. The fourth-order valence-corrected chi connectivity index (χ4v) is 1.60. The van der Waals surface area contributed by atoms with Crippen molar-refractivity contribution in [3.63, 3.8) is 0 Å². The van der Waals surface area contributed by atoms with Crippen LogP contribution < -0.4 is 10.2 Å². The fourth-order valence-electron chi connectivity index (χ4n) is 1.60. The van der Waals surface area contributed by atoms with Gasteiger partial charge in [0.25, 0.3) is 0 Å². The second-order valence-corrected chi connectivity index (χ2v) is 3.70. The molecule has 4 nitrogen and oxygen atoms in total. The van der Waals surface area contributed by atoms with Crippen molar-refractivity contribution >= 4 is 11.7 Å². The van der Waals surface area contributed by atoms with E-state index in [9.17, 15) is 9.18 Å². The number of halogens is 1. The predicted molar refractivity (Wildman–Crippen MR) is 64.8 cm³/mol. The second-order valence-electron chi connectivity index (χ2n) is 3.70. The summed E-state index contributed by atoms with van der Waals surface area (Å²) in [5.74, 6) is -1.24. The number of rotatable bonds is 6. The van der Waals surface area contributed by atoms with E-state index in [4.69, 9.17) is 5.11 Å². The van der Waals surface area contributed by atoms with E-state index in [1.807, 2.05) is 11.8 Å². The van der Waals surface area contributed by atoms with Crippen LogP contribution >= 0.6 is 0 Å². The summed E-state index contributed by atoms with van der Waals surface area (Å²) in [6.45, 7) is 2.82. The van der Waals surface area contributed by atoms with Crippen molar-refractivity contribution in [2.75, 3.05) is 25.0 Å². The Morgan fingerprint density at radius 2 is 2.29 bits per heavy atom. The van der Waals surface area contributed by atoms with Gasteiger partial charge in [-0.1, -0.05) is 6.07 Å². The number of hydrogen-bond donors (Lipinski definition) is 2. The number of nitrogens with zero attached hydrogens (tertiary/aromatic N) is 1. The molecule has 94 valence electrons. The Labute approximate surface area is 100 Å². The number of anilines is 1. The molecule has 1 aromatic rings. The summed E-state index contributed by atoms with van der Waals surface area (Å²) in [7, 11) is 1.60. The number of likely N-dealkylation sites (N-methyl/N-ethyl adjacent to an activating group) is 2. The van der Waals surface area contributed by atoms with Gasteiger partial charge in [0.2, 0.25) is 0 Å². The molecule has 0 aromatic heterocycles. The van der Waals surface area contributed by atoms with E-state index in [0.29, 0.717) is 18.8 Å². The molecule has 1 aromatic carbocycles. The number of carboxylic acid groups (broad SMARTS) is 1. The molecule has 0 heterocycles. The van der Waals surface area contributed by atoms with E-state index >= 15 is 0 Å². The topological polar surface area (TPSA) is 52.6 Å². The van der Waals surface area contributed by atoms with Crippen LogP contribution in [-0.2, 0) is 4.79 Å². The molecule has 0 aliphatic rings. The highest BCUT2D eigenvalue weighted by molar-refractivity contribution is 5.74. The summed E-state index contributed by atoms with van der Waals surface area (Å²) in [6, 6.07) is 5.48. The summed E-state index contributed by atoms with van der Waals surface area (Å²) < 4.78 is 13.1. The van der Waals surface area contributed by atoms with Crippen LogP contribution in [0.25, 0.3) is 0 Å². The Morgan fingerprint density at radius 3 is 2.76 bits per heavy atom. The third kappa shape index (κ3) is 3.71. The zero-order valence-corrected chi connectivity index (χ0v) is 9.98. The van der Waals surface area contributed by atoms with Crippen molar-refractivity contribution in [3.8, 4) is 0 Å². The molecule has 1 rings (SSSR count). The third-order valence-electron chi connectivity index (χ3n) is 2.60. The fraction of sp³-hybridized carbons (Fsp3) is 0.417. The molecule has 0 radical (unpaired) electrons. The first-order chi connectivity index (χ1) is 8.08. The van der Waals surface area contributed by atoms with Crippen LogP contribution in [0.5, 0.6) is 0 Å². The zero-order valence-electron chi connectivity index (χ0n) is 9.98. The number of carbonyl (C=O) groups is 1. The molecule has 0 aliphatic carbocycles. The Hall–Kier alpha value is -1.62. The minimum atomic E-state index is -0.914. The van der Waals surface area contributed by atoms with Crippen molar-refractivity contribution < 1.29 is 14.3 Å². The first-order valence-corrected chi connectivity index (χ1v) is 5.49. The lowest BCUT2D eigenvalue weighted by Crippen LogP contribution is -2.44. The average Bonchev–Trinajstić information content (AvgIpc) is 2.30. The first kappa shape index (κ1) is 13.4. The Bertz CT molecular complexity index is 385. The quantitative estimate of drug-likeness (QED) is 0.787. The Kier molecular flexibility index (Phi) is 4.90. The highest BCUT2D eigenvalue weighted by Gasteiger charge is 2.18. The molecule has 0 saturated heterocycles. The number of hydrogen-bond acceptors (Lipinski definition) is 3. The van der Waals surface area contributed by atoms with Gasteiger partial charge in [-0.05, 0) is 32.2 Å². The first-order valence-electron chi connectivity index (χ1n) is 5.49. The van der Waals surface area contributed by atoms with Gasteiger partial charge in [0.05, 0.1) is 0 Å². The van der Waals surface area contributed by atoms with Gasteiger partial charge in [0, 0.05) is 18.8 Å². The molecule has 0 amide bonds. The summed E-state index contributed by atoms with van der Waals surface area (Å²) in [5.41, 5.74) is 0.689. The molecule has 0 saturated carbocycles. The minimum absolute atomic E-state index is 0.297. The summed E-state index contributed by atoms with van der Waals surface area (Å²) >= 11 is 0. The highest BCUT2D eigenvalue weighted by atomic mass is 19.1. The molecular weight excluding hydrogens is 223 g/mol. The predicted octanol–water partition coefficient (Wildman–Crippen LogP) is 1.32. The van der Waals surface area contributed by atoms with Gasteiger partial charge < -0.3 is 15.3 Å². The molecule has 1 unspecified atom stereocenters. The maximum Gasteiger partial charge on any atom is 0.322 e. The molecule has 0 aliphatic heterocycles. The van der Waals surface area contributed by atoms with Crippen LogP contribution in [0, 0.1) is 5.82 Å². The third-order valence-corrected chi connectivity index (χ3v) is 2.60. The van der Waals surface area contributed by atoms with Crippen molar-refractivity contribution in [1.29, 1.82) is 0 Å². The normalized spacial score (nSPS) is 12.2. The van der Waals surface area contributed by atoms with E-state index < -0.39 is 12.0 Å². The maximum atomic E-state index is 13.1. The summed E-state index contributed by atoms with van der Waals surface area (Å²) in [6.07, 6.45) is 0. The van der Waals surface area contributed by atoms with E-state index in [2.05, 4.69) is 5.32 Å². The van der Waals surface area contributed by atoms with E-state index in [0.717, 1.165) is 0 Å². The van der Waals surface area contributed by atoms with E-state index in [1.54, 1.807) is 19.2 Å². The van der Waals surface area contributed by atoms with Gasteiger partial charge in [0.1, 0.15) is 11.9 Å². The van der Waals surface area contributed by atoms with E-state index in [-0.39, 0.29) is 5.82 Å². The highest BCUT2D eigenvalue weighted by Crippen LogP contribution is 2.15. The van der Waals surface area contributed by atoms with Crippen LogP contribution in [0.1, 0.15) is 6.92 Å². The Morgan fingerprint density at radius 1 is 1.59 bits per heavy atom. The second kappa shape index (κ2) is 6.20. The lowest BCUT2D eigenvalue weighted by atomic mass is 10.2. The van der Waals surface area contributed by atoms with Crippen LogP contribution in [0.3, 0.4) is 0 Å². The smallest absolute Gasteiger partial charge is 0.322 e. The molecule has 0 bridgehead atoms. The molecule has 17 heavy (non-hydrogen) atoms. The number of aliphatic carboxylic acids is 1. The average molecular weight is 240 g/mol. The molecule has 0 fully saturated rings. The molecule has 5 heteroatoms. The van der Waals surface area contributed by atoms with Gasteiger partial charge >= 0.3 is 5.97 Å². The molecule has 1 atom stereocenters. The van der Waals surface area contributed by atoms with Crippen LogP contribution in [0.2, 0.25) is 0 Å². The van der Waals surface area contributed by atoms with Gasteiger partial charge in [-0.15, -0.1) is 0 Å². The largest absolute Gasteiger partial charge is 0.480 e. The van der Waals surface area contributed by atoms with Gasteiger partial charge in [-0.25, -0.2) is 4.39 Å². The lowest BCUT2D eigenvalue weighted by molar-refractivity contribution is -0.139. The zero-order chi connectivity index (χ0) is 12.8. The summed E-state index contributed by atoms with van der Waals surface area (Å²) in [4.78, 5) is 12.7. The van der Waals surface area contributed by atoms with Gasteiger partial charge in [-0.3, -0.25) is 4.79 Å². The van der Waals surface area contributed by atoms with Crippen molar-refractivity contribution in [1.82, 2.24) is 5.32 Å². The van der Waals surface area contributed by atoms with Crippen molar-refractivity contribution in [2.45, 2.75) is 13.0 Å². The summed E-state index contributed by atoms with van der Waals surface area (Å²) in [5, 5.41) is 11.7. The van der Waals surface area contributed by atoms with Crippen molar-refractivity contribution in [3.05, 3.63) is 30.1 Å². The standard InChI is InChI=1S/C12H17FN2O2/c1-3-15(8-11(14-2)12(16)17)10-6-4-5-9(13)7-10/h4-7,11,14H,3,8H2,1-2H3,(H,16,17). The molecule has 2 N–H and O–H groups in total. The molecule has 0 spiro atoms. The number of carboxylic acids is 1. The molecular formula is C12H17FN2O2. The lowest BCUT2D eigenvalue weighted by Gasteiger charge is -2.26. The number of nitrogens with one attached hydrogen (secondary N) is 1.